The molecule has 0 radical (unpaired) electrons. The molecular weight excluding hydrogens is 226 g/mol. The molecule has 3 heteroatoms. The number of aryl methyl sites for hydroxylation is 2. The first kappa shape index (κ1) is 11.2. The fourth-order valence-corrected chi connectivity index (χ4v) is 2.69. The summed E-state index contributed by atoms with van der Waals surface area (Å²) in [4.78, 5) is 17.2. The molecule has 0 bridgehead atoms. The molecule has 0 saturated carbocycles. The Balaban J connectivity index is 2.24. The molecule has 3 rings (SSSR count). The maximum atomic E-state index is 12.2. The molecule has 0 heterocycles. The molecule has 2 aromatic rings. The summed E-state index contributed by atoms with van der Waals surface area (Å²) in [6.45, 7) is 0. The Morgan fingerprint density at radius 3 is 2.61 bits per heavy atom. The molecule has 0 fully saturated rings. The third-order valence-corrected chi connectivity index (χ3v) is 3.67. The Morgan fingerprint density at radius 2 is 1.89 bits per heavy atom. The van der Waals surface area contributed by atoms with Crippen LogP contribution in [0.25, 0.3) is 10.8 Å². The van der Waals surface area contributed by atoms with E-state index in [2.05, 4.69) is 12.1 Å². The Bertz CT molecular complexity index is 623. The summed E-state index contributed by atoms with van der Waals surface area (Å²) in [6.07, 6.45) is 2.15. The predicted octanol–water partition coefficient (Wildman–Crippen LogP) is 2.57. The van der Waals surface area contributed by atoms with Gasteiger partial charge in [0.25, 0.3) is 5.91 Å². The van der Waals surface area contributed by atoms with Crippen LogP contribution in [0.3, 0.4) is 0 Å². The average Bonchev–Trinajstić information content (AvgIpc) is 2.83. The molecule has 0 aromatic heterocycles. The van der Waals surface area contributed by atoms with Crippen molar-refractivity contribution in [1.82, 2.24) is 5.06 Å². The number of hydrogen-bond donors (Lipinski definition) is 0. The van der Waals surface area contributed by atoms with Crippen molar-refractivity contribution in [3.05, 3.63) is 47.0 Å². The molecule has 92 valence electrons. The summed E-state index contributed by atoms with van der Waals surface area (Å²) in [5, 5.41) is 3.56. The molecule has 0 spiro atoms. The van der Waals surface area contributed by atoms with Gasteiger partial charge >= 0.3 is 0 Å². The summed E-state index contributed by atoms with van der Waals surface area (Å²) < 4.78 is 0. The highest BCUT2D eigenvalue weighted by Gasteiger charge is 2.20. The zero-order valence-electron chi connectivity index (χ0n) is 10.6. The third kappa shape index (κ3) is 1.51. The van der Waals surface area contributed by atoms with Crippen LogP contribution in [-0.2, 0) is 17.7 Å². The molecular formula is C15H15NO2. The van der Waals surface area contributed by atoms with Crippen LogP contribution in [0.1, 0.15) is 21.5 Å². The van der Waals surface area contributed by atoms with Crippen LogP contribution in [0.2, 0.25) is 0 Å². The quantitative estimate of drug-likeness (QED) is 0.756. The molecule has 0 unspecified atom stereocenters. The molecule has 0 atom stereocenters. The molecule has 18 heavy (non-hydrogen) atoms. The Morgan fingerprint density at radius 1 is 1.17 bits per heavy atom. The topological polar surface area (TPSA) is 29.5 Å². The first-order valence-corrected chi connectivity index (χ1v) is 6.08. The molecule has 0 aliphatic heterocycles. The van der Waals surface area contributed by atoms with Crippen LogP contribution < -0.4 is 0 Å². The van der Waals surface area contributed by atoms with Crippen molar-refractivity contribution in [1.29, 1.82) is 0 Å². The Hall–Kier alpha value is -1.87. The summed E-state index contributed by atoms with van der Waals surface area (Å²) in [5.41, 5.74) is 3.40. The Kier molecular flexibility index (Phi) is 2.56. The monoisotopic (exact) mass is 241 g/mol. The first-order valence-electron chi connectivity index (χ1n) is 6.08. The minimum absolute atomic E-state index is 0.104. The van der Waals surface area contributed by atoms with Crippen LogP contribution in [0.5, 0.6) is 0 Å². The highest BCUT2D eigenvalue weighted by atomic mass is 16.7. The summed E-state index contributed by atoms with van der Waals surface area (Å²) >= 11 is 0. The minimum atomic E-state index is -0.104. The molecule has 0 saturated heterocycles. The van der Waals surface area contributed by atoms with E-state index >= 15 is 0 Å². The summed E-state index contributed by atoms with van der Waals surface area (Å²) in [6, 6.07) is 10.2. The predicted molar refractivity (Wildman–Crippen MR) is 70.5 cm³/mol. The zero-order valence-corrected chi connectivity index (χ0v) is 10.6. The van der Waals surface area contributed by atoms with Gasteiger partial charge in [-0.15, -0.1) is 0 Å². The second-order valence-electron chi connectivity index (χ2n) is 4.60. The fourth-order valence-electron chi connectivity index (χ4n) is 2.69. The standard InChI is InChI=1S/C15H15NO2/c1-16(18-2)15(17)13-9-8-11-7-6-10-4-3-5-12(13)14(10)11/h3-5,8-9H,6-7H2,1-2H3. The van der Waals surface area contributed by atoms with Crippen molar-refractivity contribution in [2.24, 2.45) is 0 Å². The average molecular weight is 241 g/mol. The van der Waals surface area contributed by atoms with Gasteiger partial charge in [0, 0.05) is 12.6 Å². The SMILES string of the molecule is CON(C)C(=O)c1ccc2c3c(cccc13)CC2. The number of amides is 1. The maximum Gasteiger partial charge on any atom is 0.277 e. The number of hydrogen-bond acceptors (Lipinski definition) is 2. The van der Waals surface area contributed by atoms with Crippen molar-refractivity contribution >= 4 is 16.7 Å². The van der Waals surface area contributed by atoms with Gasteiger partial charge in [0.2, 0.25) is 0 Å². The number of carbonyl (C=O) groups excluding carboxylic acids is 1. The van der Waals surface area contributed by atoms with Crippen molar-refractivity contribution < 1.29 is 9.63 Å². The molecule has 1 aliphatic rings. The van der Waals surface area contributed by atoms with Crippen LogP contribution in [-0.4, -0.2) is 25.1 Å². The van der Waals surface area contributed by atoms with Gasteiger partial charge in [-0.3, -0.25) is 9.63 Å². The van der Waals surface area contributed by atoms with E-state index in [1.54, 1.807) is 7.05 Å². The van der Waals surface area contributed by atoms with Crippen LogP contribution in [0, 0.1) is 0 Å². The van der Waals surface area contributed by atoms with Crippen molar-refractivity contribution in [2.45, 2.75) is 12.8 Å². The van der Waals surface area contributed by atoms with Gasteiger partial charge in [-0.05, 0) is 40.8 Å². The summed E-state index contributed by atoms with van der Waals surface area (Å²) in [7, 11) is 3.13. The molecule has 0 N–H and O–H groups in total. The fraction of sp³-hybridized carbons (Fsp3) is 0.267. The van der Waals surface area contributed by atoms with E-state index in [4.69, 9.17) is 4.84 Å². The maximum absolute atomic E-state index is 12.2. The third-order valence-electron chi connectivity index (χ3n) is 3.67. The second kappa shape index (κ2) is 4.10. The van der Waals surface area contributed by atoms with Crippen LogP contribution in [0.15, 0.2) is 30.3 Å². The van der Waals surface area contributed by atoms with E-state index in [1.807, 2.05) is 18.2 Å². The van der Waals surface area contributed by atoms with E-state index in [9.17, 15) is 4.79 Å². The van der Waals surface area contributed by atoms with Crippen LogP contribution >= 0.6 is 0 Å². The zero-order chi connectivity index (χ0) is 12.7. The number of rotatable bonds is 2. The highest BCUT2D eigenvalue weighted by Crippen LogP contribution is 2.33. The lowest BCUT2D eigenvalue weighted by molar-refractivity contribution is -0.0755. The highest BCUT2D eigenvalue weighted by molar-refractivity contribution is 6.08. The molecule has 2 aromatic carbocycles. The molecule has 1 aliphatic carbocycles. The van der Waals surface area contributed by atoms with Gasteiger partial charge in [-0.1, -0.05) is 24.3 Å². The van der Waals surface area contributed by atoms with Crippen molar-refractivity contribution in [2.75, 3.05) is 14.2 Å². The van der Waals surface area contributed by atoms with E-state index < -0.39 is 0 Å². The first-order chi connectivity index (χ1) is 8.72. The second-order valence-corrected chi connectivity index (χ2v) is 4.60. The van der Waals surface area contributed by atoms with Crippen molar-refractivity contribution in [3.8, 4) is 0 Å². The van der Waals surface area contributed by atoms with E-state index in [-0.39, 0.29) is 5.91 Å². The number of hydroxylamine groups is 2. The van der Waals surface area contributed by atoms with Gasteiger partial charge in [0.15, 0.2) is 0 Å². The van der Waals surface area contributed by atoms with Gasteiger partial charge < -0.3 is 0 Å². The molecule has 3 nitrogen and oxygen atoms in total. The van der Waals surface area contributed by atoms with Crippen LogP contribution in [0.4, 0.5) is 0 Å². The van der Waals surface area contributed by atoms with Gasteiger partial charge in [-0.2, -0.15) is 0 Å². The van der Waals surface area contributed by atoms with Gasteiger partial charge in [0.1, 0.15) is 0 Å². The van der Waals surface area contributed by atoms with Gasteiger partial charge in [-0.25, -0.2) is 5.06 Å². The van der Waals surface area contributed by atoms with Gasteiger partial charge in [0.05, 0.1) is 7.11 Å². The lowest BCUT2D eigenvalue weighted by atomic mass is 9.99. The van der Waals surface area contributed by atoms with E-state index in [0.717, 1.165) is 18.2 Å². The lowest BCUT2D eigenvalue weighted by Crippen LogP contribution is -2.25. The Labute approximate surface area is 106 Å². The largest absolute Gasteiger partial charge is 0.277 e. The summed E-state index contributed by atoms with van der Waals surface area (Å²) in [5.74, 6) is -0.104. The number of nitrogens with zero attached hydrogens (tertiary/aromatic N) is 1. The minimum Gasteiger partial charge on any atom is -0.274 e. The smallest absolute Gasteiger partial charge is 0.274 e. The van der Waals surface area contributed by atoms with E-state index in [1.165, 1.54) is 28.7 Å². The number of carbonyl (C=O) groups is 1. The normalized spacial score (nSPS) is 13.0. The van der Waals surface area contributed by atoms with Crippen molar-refractivity contribution in [3.63, 3.8) is 0 Å². The number of benzene rings is 2. The lowest BCUT2D eigenvalue weighted by Gasteiger charge is -2.15. The molecule has 1 amide bonds. The van der Waals surface area contributed by atoms with E-state index in [0.29, 0.717) is 5.56 Å².